The summed E-state index contributed by atoms with van der Waals surface area (Å²) < 4.78 is 44.2. The number of hydrogen-bond acceptors (Lipinski definition) is 3. The standard InChI is InChI=1S/C18H25F3N2O3/c1-6-9-26-14-8-7-12(18(19,20)21)10-13(14)23-15(24)11(2)22-16(25)17(3,4)5/h7-8,10-11H,6,9H2,1-5H3,(H,22,25)(H,23,24). The summed E-state index contributed by atoms with van der Waals surface area (Å²) in [7, 11) is 0. The summed E-state index contributed by atoms with van der Waals surface area (Å²) in [6.45, 7) is 8.68. The third kappa shape index (κ3) is 6.24. The minimum absolute atomic E-state index is 0.0878. The molecular weight excluding hydrogens is 349 g/mol. The van der Waals surface area contributed by atoms with E-state index in [1.165, 1.54) is 13.0 Å². The van der Waals surface area contributed by atoms with Crippen LogP contribution in [0.2, 0.25) is 0 Å². The SMILES string of the molecule is CCCOc1ccc(C(F)(F)F)cc1NC(=O)C(C)NC(=O)C(C)(C)C. The van der Waals surface area contributed by atoms with Gasteiger partial charge in [-0.1, -0.05) is 27.7 Å². The van der Waals surface area contributed by atoms with Gasteiger partial charge in [-0.15, -0.1) is 0 Å². The molecule has 0 aromatic heterocycles. The van der Waals surface area contributed by atoms with Crippen molar-refractivity contribution in [1.82, 2.24) is 5.32 Å². The Hall–Kier alpha value is -2.25. The Morgan fingerprint density at radius 3 is 2.31 bits per heavy atom. The van der Waals surface area contributed by atoms with Crippen LogP contribution in [-0.2, 0) is 15.8 Å². The Labute approximate surface area is 151 Å². The molecule has 2 N–H and O–H groups in total. The average molecular weight is 374 g/mol. The van der Waals surface area contributed by atoms with Gasteiger partial charge in [-0.05, 0) is 31.5 Å². The molecule has 0 aliphatic heterocycles. The van der Waals surface area contributed by atoms with Gasteiger partial charge in [0.05, 0.1) is 17.9 Å². The van der Waals surface area contributed by atoms with Gasteiger partial charge >= 0.3 is 6.18 Å². The van der Waals surface area contributed by atoms with E-state index in [0.29, 0.717) is 13.0 Å². The molecule has 0 fully saturated rings. The number of nitrogens with one attached hydrogen (secondary N) is 2. The van der Waals surface area contributed by atoms with Crippen molar-refractivity contribution in [2.24, 2.45) is 5.41 Å². The van der Waals surface area contributed by atoms with Crippen LogP contribution < -0.4 is 15.4 Å². The van der Waals surface area contributed by atoms with E-state index in [2.05, 4.69) is 10.6 Å². The van der Waals surface area contributed by atoms with Crippen molar-refractivity contribution in [3.63, 3.8) is 0 Å². The van der Waals surface area contributed by atoms with E-state index in [1.54, 1.807) is 20.8 Å². The predicted octanol–water partition coefficient (Wildman–Crippen LogP) is 3.98. The van der Waals surface area contributed by atoms with Crippen molar-refractivity contribution in [2.45, 2.75) is 53.3 Å². The molecule has 1 unspecified atom stereocenters. The second-order valence-electron chi connectivity index (χ2n) is 6.99. The van der Waals surface area contributed by atoms with Crippen LogP contribution in [-0.4, -0.2) is 24.5 Å². The number of benzene rings is 1. The van der Waals surface area contributed by atoms with E-state index in [9.17, 15) is 22.8 Å². The highest BCUT2D eigenvalue weighted by Gasteiger charge is 2.32. The molecule has 1 atom stereocenters. The van der Waals surface area contributed by atoms with Gasteiger partial charge in [0.25, 0.3) is 0 Å². The molecule has 2 amide bonds. The van der Waals surface area contributed by atoms with Crippen LogP contribution in [0.4, 0.5) is 18.9 Å². The molecule has 26 heavy (non-hydrogen) atoms. The number of carbonyl (C=O) groups is 2. The van der Waals surface area contributed by atoms with Gasteiger partial charge in [0.1, 0.15) is 11.8 Å². The van der Waals surface area contributed by atoms with E-state index in [-0.39, 0.29) is 17.3 Å². The number of anilines is 1. The molecule has 0 aliphatic rings. The van der Waals surface area contributed by atoms with E-state index in [1.807, 2.05) is 6.92 Å². The lowest BCUT2D eigenvalue weighted by molar-refractivity contribution is -0.137. The lowest BCUT2D eigenvalue weighted by Crippen LogP contribution is -2.46. The number of hydrogen-bond donors (Lipinski definition) is 2. The predicted molar refractivity (Wildman–Crippen MR) is 92.9 cm³/mol. The first kappa shape index (κ1) is 21.8. The van der Waals surface area contributed by atoms with E-state index >= 15 is 0 Å². The van der Waals surface area contributed by atoms with Crippen LogP contribution in [0.25, 0.3) is 0 Å². The van der Waals surface area contributed by atoms with Gasteiger partial charge in [-0.2, -0.15) is 13.2 Å². The fourth-order valence-corrected chi connectivity index (χ4v) is 1.86. The highest BCUT2D eigenvalue weighted by molar-refractivity contribution is 5.98. The molecule has 0 spiro atoms. The van der Waals surface area contributed by atoms with Crippen LogP contribution in [0, 0.1) is 5.41 Å². The number of carbonyl (C=O) groups excluding carboxylic acids is 2. The molecule has 0 heterocycles. The number of rotatable bonds is 6. The molecule has 0 saturated carbocycles. The molecule has 0 radical (unpaired) electrons. The molecule has 0 bridgehead atoms. The van der Waals surface area contributed by atoms with Crippen molar-refractivity contribution in [2.75, 3.05) is 11.9 Å². The highest BCUT2D eigenvalue weighted by Crippen LogP contribution is 2.35. The van der Waals surface area contributed by atoms with Gasteiger partial charge in [-0.3, -0.25) is 9.59 Å². The topological polar surface area (TPSA) is 67.4 Å². The molecule has 1 aromatic rings. The summed E-state index contributed by atoms with van der Waals surface area (Å²) in [5.74, 6) is -0.836. The summed E-state index contributed by atoms with van der Waals surface area (Å²) in [6, 6.07) is 1.97. The number of alkyl halides is 3. The maximum atomic E-state index is 12.9. The first-order valence-electron chi connectivity index (χ1n) is 8.32. The molecule has 5 nitrogen and oxygen atoms in total. The first-order chi connectivity index (χ1) is 11.9. The quantitative estimate of drug-likeness (QED) is 0.791. The van der Waals surface area contributed by atoms with E-state index in [0.717, 1.165) is 12.1 Å². The van der Waals surface area contributed by atoms with Crippen LogP contribution >= 0.6 is 0 Å². The largest absolute Gasteiger partial charge is 0.491 e. The second kappa shape index (κ2) is 8.42. The summed E-state index contributed by atoms with van der Waals surface area (Å²) in [5.41, 5.74) is -1.68. The highest BCUT2D eigenvalue weighted by atomic mass is 19.4. The smallest absolute Gasteiger partial charge is 0.416 e. The molecule has 8 heteroatoms. The second-order valence-corrected chi connectivity index (χ2v) is 6.99. The normalized spacial score (nSPS) is 13.1. The maximum Gasteiger partial charge on any atom is 0.416 e. The van der Waals surface area contributed by atoms with Crippen molar-refractivity contribution in [3.8, 4) is 5.75 Å². The Morgan fingerprint density at radius 1 is 1.19 bits per heavy atom. The van der Waals surface area contributed by atoms with Crippen molar-refractivity contribution in [3.05, 3.63) is 23.8 Å². The minimum Gasteiger partial charge on any atom is -0.491 e. The Bertz CT molecular complexity index is 652. The Morgan fingerprint density at radius 2 is 1.81 bits per heavy atom. The summed E-state index contributed by atoms with van der Waals surface area (Å²) in [6.07, 6.45) is -3.89. The van der Waals surface area contributed by atoms with E-state index < -0.39 is 29.1 Å². The van der Waals surface area contributed by atoms with Crippen molar-refractivity contribution >= 4 is 17.5 Å². The lowest BCUT2D eigenvalue weighted by atomic mass is 9.95. The van der Waals surface area contributed by atoms with Crippen LogP contribution in [0.3, 0.4) is 0 Å². The summed E-state index contributed by atoms with van der Waals surface area (Å²) in [5, 5.41) is 4.94. The van der Waals surface area contributed by atoms with Crippen molar-refractivity contribution < 1.29 is 27.5 Å². The minimum atomic E-state index is -4.55. The van der Waals surface area contributed by atoms with Gasteiger partial charge in [0, 0.05) is 5.41 Å². The van der Waals surface area contributed by atoms with Gasteiger partial charge in [0.2, 0.25) is 11.8 Å². The molecule has 0 saturated heterocycles. The van der Waals surface area contributed by atoms with Crippen LogP contribution in [0.1, 0.15) is 46.6 Å². The lowest BCUT2D eigenvalue weighted by Gasteiger charge is -2.22. The zero-order chi connectivity index (χ0) is 20.1. The molecule has 146 valence electrons. The average Bonchev–Trinajstić information content (AvgIpc) is 2.51. The third-order valence-electron chi connectivity index (χ3n) is 3.45. The molecular formula is C18H25F3N2O3. The zero-order valence-electron chi connectivity index (χ0n) is 15.6. The third-order valence-corrected chi connectivity index (χ3v) is 3.45. The van der Waals surface area contributed by atoms with Gasteiger partial charge < -0.3 is 15.4 Å². The first-order valence-corrected chi connectivity index (χ1v) is 8.32. The van der Waals surface area contributed by atoms with Gasteiger partial charge in [-0.25, -0.2) is 0 Å². The van der Waals surface area contributed by atoms with Crippen molar-refractivity contribution in [1.29, 1.82) is 0 Å². The van der Waals surface area contributed by atoms with E-state index in [4.69, 9.17) is 4.74 Å². The molecule has 1 aromatic carbocycles. The van der Waals surface area contributed by atoms with Crippen LogP contribution in [0.15, 0.2) is 18.2 Å². The fraction of sp³-hybridized carbons (Fsp3) is 0.556. The number of amides is 2. The zero-order valence-corrected chi connectivity index (χ0v) is 15.6. The monoisotopic (exact) mass is 374 g/mol. The maximum absolute atomic E-state index is 12.9. The Balaban J connectivity index is 3.00. The fourth-order valence-electron chi connectivity index (χ4n) is 1.86. The number of ether oxygens (including phenoxy) is 1. The van der Waals surface area contributed by atoms with Gasteiger partial charge in [0.15, 0.2) is 0 Å². The summed E-state index contributed by atoms with van der Waals surface area (Å²) in [4.78, 5) is 24.3. The van der Waals surface area contributed by atoms with Crippen LogP contribution in [0.5, 0.6) is 5.75 Å². The number of halogens is 3. The summed E-state index contributed by atoms with van der Waals surface area (Å²) >= 11 is 0. The Kier molecular flexibility index (Phi) is 7.06. The molecule has 0 aliphatic carbocycles. The molecule has 1 rings (SSSR count).